The van der Waals surface area contributed by atoms with E-state index in [9.17, 15) is 10.1 Å². The first-order valence-electron chi connectivity index (χ1n) is 9.35. The van der Waals surface area contributed by atoms with Crippen LogP contribution in [0.3, 0.4) is 0 Å². The van der Waals surface area contributed by atoms with Gasteiger partial charge in [0.05, 0.1) is 11.0 Å². The van der Waals surface area contributed by atoms with E-state index in [1.807, 2.05) is 20.1 Å². The third-order valence-corrected chi connectivity index (χ3v) is 5.69. The molecule has 0 amide bonds. The summed E-state index contributed by atoms with van der Waals surface area (Å²) >= 11 is 0. The fourth-order valence-corrected chi connectivity index (χ4v) is 4.22. The molecule has 6 heteroatoms. The number of nitrogens with zero attached hydrogens (tertiary/aromatic N) is 2. The molecule has 1 N–H and O–H groups in total. The maximum atomic E-state index is 11.2. The van der Waals surface area contributed by atoms with Crippen LogP contribution in [0.25, 0.3) is 0 Å². The molecule has 2 aliphatic rings. The first-order valence-corrected chi connectivity index (χ1v) is 9.35. The van der Waals surface area contributed by atoms with E-state index in [1.165, 1.54) is 19.3 Å². The van der Waals surface area contributed by atoms with Gasteiger partial charge >= 0.3 is 0 Å². The minimum atomic E-state index is -0.302. The fourth-order valence-electron chi connectivity index (χ4n) is 4.22. The van der Waals surface area contributed by atoms with Crippen LogP contribution < -0.4 is 5.32 Å². The number of nitrogens with one attached hydrogen (secondary N) is 1. The van der Waals surface area contributed by atoms with Gasteiger partial charge in [-0.3, -0.25) is 10.1 Å². The van der Waals surface area contributed by atoms with Gasteiger partial charge in [0.2, 0.25) is 0 Å². The van der Waals surface area contributed by atoms with Crippen molar-refractivity contribution in [2.45, 2.75) is 63.6 Å². The van der Waals surface area contributed by atoms with Crippen LogP contribution in [-0.4, -0.2) is 48.2 Å². The molecule has 1 saturated carbocycles. The lowest BCUT2D eigenvalue weighted by Crippen LogP contribution is -2.47. The van der Waals surface area contributed by atoms with E-state index in [4.69, 9.17) is 4.74 Å². The molecule has 1 heterocycles. The van der Waals surface area contributed by atoms with Crippen LogP contribution in [0, 0.1) is 17.0 Å². The number of hydrogen-bond acceptors (Lipinski definition) is 5. The van der Waals surface area contributed by atoms with Crippen molar-refractivity contribution in [3.05, 3.63) is 33.9 Å². The number of ether oxygens (including phenoxy) is 1. The Morgan fingerprint density at radius 2 is 2.00 bits per heavy atom. The SMILES string of the molecule is CO[C@@H]1CCC[C@H](N2CCC(Nc3cc(C)ccc3[N+](=O)[O-])CC2)C1. The van der Waals surface area contributed by atoms with Crippen molar-refractivity contribution in [2.75, 3.05) is 25.5 Å². The highest BCUT2D eigenvalue weighted by Gasteiger charge is 2.30. The highest BCUT2D eigenvalue weighted by molar-refractivity contribution is 5.63. The quantitative estimate of drug-likeness (QED) is 0.649. The molecular weight excluding hydrogens is 318 g/mol. The first-order chi connectivity index (χ1) is 12.1. The fraction of sp³-hybridized carbons (Fsp3) is 0.684. The van der Waals surface area contributed by atoms with Crippen molar-refractivity contribution in [1.82, 2.24) is 4.90 Å². The van der Waals surface area contributed by atoms with E-state index < -0.39 is 0 Å². The normalized spacial score (nSPS) is 25.7. The molecule has 1 aromatic rings. The lowest BCUT2D eigenvalue weighted by Gasteiger charge is -2.41. The lowest BCUT2D eigenvalue weighted by atomic mass is 9.90. The molecule has 0 radical (unpaired) electrons. The topological polar surface area (TPSA) is 67.6 Å². The molecule has 25 heavy (non-hydrogen) atoms. The summed E-state index contributed by atoms with van der Waals surface area (Å²) in [7, 11) is 1.82. The number of nitro groups is 1. The molecule has 0 aromatic heterocycles. The van der Waals surface area contributed by atoms with Crippen molar-refractivity contribution in [3.63, 3.8) is 0 Å². The monoisotopic (exact) mass is 347 g/mol. The van der Waals surface area contributed by atoms with Gasteiger partial charge in [0.1, 0.15) is 5.69 Å². The number of anilines is 1. The van der Waals surface area contributed by atoms with E-state index in [2.05, 4.69) is 10.2 Å². The van der Waals surface area contributed by atoms with Crippen LogP contribution in [0.5, 0.6) is 0 Å². The molecule has 2 atom stereocenters. The smallest absolute Gasteiger partial charge is 0.292 e. The van der Waals surface area contributed by atoms with Gasteiger partial charge in [-0.1, -0.05) is 6.07 Å². The predicted octanol–water partition coefficient (Wildman–Crippen LogP) is 3.74. The molecule has 1 aromatic carbocycles. The second kappa shape index (κ2) is 8.15. The van der Waals surface area contributed by atoms with Crippen LogP contribution >= 0.6 is 0 Å². The summed E-state index contributed by atoms with van der Waals surface area (Å²) in [5.74, 6) is 0. The average Bonchev–Trinajstić information content (AvgIpc) is 2.62. The number of hydrogen-bond donors (Lipinski definition) is 1. The Labute approximate surface area is 149 Å². The van der Waals surface area contributed by atoms with E-state index in [0.717, 1.165) is 37.9 Å². The highest BCUT2D eigenvalue weighted by Crippen LogP contribution is 2.30. The summed E-state index contributed by atoms with van der Waals surface area (Å²) in [6, 6.07) is 6.21. The van der Waals surface area contributed by atoms with E-state index in [1.54, 1.807) is 12.1 Å². The number of benzene rings is 1. The highest BCUT2D eigenvalue weighted by atomic mass is 16.6. The van der Waals surface area contributed by atoms with Gasteiger partial charge in [0, 0.05) is 38.3 Å². The largest absolute Gasteiger partial charge is 0.381 e. The number of rotatable bonds is 5. The molecule has 0 bridgehead atoms. The third kappa shape index (κ3) is 4.50. The molecule has 6 nitrogen and oxygen atoms in total. The van der Waals surface area contributed by atoms with Gasteiger partial charge in [-0.05, 0) is 57.1 Å². The molecule has 138 valence electrons. The number of aryl methyl sites for hydroxylation is 1. The molecule has 0 unspecified atom stereocenters. The first kappa shape index (κ1) is 18.1. The maximum Gasteiger partial charge on any atom is 0.292 e. The molecule has 1 aliphatic heterocycles. The van der Waals surface area contributed by atoms with Gasteiger partial charge < -0.3 is 15.0 Å². The number of piperidine rings is 1. The summed E-state index contributed by atoms with van der Waals surface area (Å²) < 4.78 is 5.56. The van der Waals surface area contributed by atoms with Crippen molar-refractivity contribution in [3.8, 4) is 0 Å². The van der Waals surface area contributed by atoms with Crippen LogP contribution in [-0.2, 0) is 4.74 Å². The minimum absolute atomic E-state index is 0.170. The van der Waals surface area contributed by atoms with Crippen molar-refractivity contribution in [1.29, 1.82) is 0 Å². The van der Waals surface area contributed by atoms with Gasteiger partial charge in [0.25, 0.3) is 5.69 Å². The number of likely N-dealkylation sites (tertiary alicyclic amines) is 1. The Kier molecular flexibility index (Phi) is 5.91. The summed E-state index contributed by atoms with van der Waals surface area (Å²) in [5.41, 5.74) is 1.86. The third-order valence-electron chi connectivity index (χ3n) is 5.69. The van der Waals surface area contributed by atoms with Crippen LogP contribution in [0.4, 0.5) is 11.4 Å². The second-order valence-electron chi connectivity index (χ2n) is 7.41. The molecule has 3 rings (SSSR count). The molecule has 0 spiro atoms. The van der Waals surface area contributed by atoms with Crippen molar-refractivity contribution in [2.24, 2.45) is 0 Å². The number of nitro benzene ring substituents is 1. The van der Waals surface area contributed by atoms with Crippen LogP contribution in [0.15, 0.2) is 18.2 Å². The zero-order valence-corrected chi connectivity index (χ0v) is 15.2. The van der Waals surface area contributed by atoms with Crippen LogP contribution in [0.2, 0.25) is 0 Å². The zero-order chi connectivity index (χ0) is 17.8. The van der Waals surface area contributed by atoms with Crippen molar-refractivity contribution < 1.29 is 9.66 Å². The standard InChI is InChI=1S/C19H29N3O3/c1-14-6-7-19(22(23)24)18(12-14)20-15-8-10-21(11-9-15)16-4-3-5-17(13-16)25-2/h6-7,12,15-17,20H,3-5,8-11,13H2,1-2H3/t16-,17+/m0/s1. The zero-order valence-electron chi connectivity index (χ0n) is 15.2. The summed E-state index contributed by atoms with van der Waals surface area (Å²) in [5, 5.41) is 14.7. The summed E-state index contributed by atoms with van der Waals surface area (Å²) in [6.45, 7) is 4.07. The van der Waals surface area contributed by atoms with E-state index >= 15 is 0 Å². The van der Waals surface area contributed by atoms with Gasteiger partial charge in [0.15, 0.2) is 0 Å². The Hall–Kier alpha value is -1.66. The van der Waals surface area contributed by atoms with Gasteiger partial charge in [-0.25, -0.2) is 0 Å². The maximum absolute atomic E-state index is 11.2. The van der Waals surface area contributed by atoms with Gasteiger partial charge in [-0.2, -0.15) is 0 Å². The lowest BCUT2D eigenvalue weighted by molar-refractivity contribution is -0.384. The van der Waals surface area contributed by atoms with Gasteiger partial charge in [-0.15, -0.1) is 0 Å². The Morgan fingerprint density at radius 3 is 2.68 bits per heavy atom. The average molecular weight is 347 g/mol. The number of methoxy groups -OCH3 is 1. The molecular formula is C19H29N3O3. The summed E-state index contributed by atoms with van der Waals surface area (Å²) in [6.07, 6.45) is 7.29. The van der Waals surface area contributed by atoms with E-state index in [-0.39, 0.29) is 10.6 Å². The Morgan fingerprint density at radius 1 is 1.24 bits per heavy atom. The summed E-state index contributed by atoms with van der Waals surface area (Å²) in [4.78, 5) is 13.5. The Bertz CT molecular complexity index is 600. The molecule has 1 aliphatic carbocycles. The molecule has 1 saturated heterocycles. The van der Waals surface area contributed by atoms with Crippen LogP contribution in [0.1, 0.15) is 44.1 Å². The van der Waals surface area contributed by atoms with Crippen molar-refractivity contribution >= 4 is 11.4 Å². The Balaban J connectivity index is 1.56. The predicted molar refractivity (Wildman–Crippen MR) is 99.1 cm³/mol. The second-order valence-corrected chi connectivity index (χ2v) is 7.41. The minimum Gasteiger partial charge on any atom is -0.381 e. The van der Waals surface area contributed by atoms with E-state index in [0.29, 0.717) is 23.9 Å². The molecule has 2 fully saturated rings.